The van der Waals surface area contributed by atoms with Gasteiger partial charge in [-0.1, -0.05) is 86.6 Å². The molecule has 3 aromatic rings. The number of benzene rings is 2. The van der Waals surface area contributed by atoms with Crippen molar-refractivity contribution in [1.82, 2.24) is 14.8 Å². The molecule has 0 saturated heterocycles. The van der Waals surface area contributed by atoms with Crippen molar-refractivity contribution in [3.63, 3.8) is 0 Å². The topological polar surface area (TPSA) is 57.0 Å². The number of hydrogen-bond donors (Lipinski definition) is 0. The molecule has 3 rings (SSSR count). The van der Waals surface area contributed by atoms with Crippen molar-refractivity contribution in [2.45, 2.75) is 51.2 Å². The van der Waals surface area contributed by atoms with Crippen LogP contribution in [0.25, 0.3) is 11.4 Å². The van der Waals surface area contributed by atoms with E-state index in [2.05, 4.69) is 59.8 Å². The lowest BCUT2D eigenvalue weighted by Gasteiger charge is -2.19. The fraction of sp³-hybridized carbons (Fsp3) is 0.400. The first-order chi connectivity index (χ1) is 14.8. The molecule has 164 valence electrons. The third kappa shape index (κ3) is 6.05. The third-order valence-electron chi connectivity index (χ3n) is 5.16. The van der Waals surface area contributed by atoms with Crippen LogP contribution in [0.2, 0.25) is 0 Å². The zero-order valence-corrected chi connectivity index (χ0v) is 19.8. The van der Waals surface area contributed by atoms with Crippen molar-refractivity contribution in [2.75, 3.05) is 19.5 Å². The molecule has 1 heterocycles. The summed E-state index contributed by atoms with van der Waals surface area (Å²) in [4.78, 5) is 12.6. The molecular formula is C25H31N3O2S. The van der Waals surface area contributed by atoms with E-state index in [0.29, 0.717) is 12.4 Å². The number of hydrogen-bond acceptors (Lipinski definition) is 5. The summed E-state index contributed by atoms with van der Waals surface area (Å²) in [7, 11) is 1.70. The second kappa shape index (κ2) is 10.2. The summed E-state index contributed by atoms with van der Waals surface area (Å²) >= 11 is 1.43. The smallest absolute Gasteiger partial charge is 0.191 e. The zero-order valence-electron chi connectivity index (χ0n) is 19.0. The summed E-state index contributed by atoms with van der Waals surface area (Å²) in [6.45, 7) is 10.0. The third-order valence-corrected chi connectivity index (χ3v) is 6.13. The number of rotatable bonds is 9. The molecular weight excluding hydrogens is 406 g/mol. The Morgan fingerprint density at radius 2 is 1.71 bits per heavy atom. The van der Waals surface area contributed by atoms with Gasteiger partial charge in [0.05, 0.1) is 5.75 Å². The van der Waals surface area contributed by atoms with Crippen molar-refractivity contribution >= 4 is 17.5 Å². The molecule has 0 N–H and O–H groups in total. The first-order valence-corrected chi connectivity index (χ1v) is 11.5. The monoisotopic (exact) mass is 437 g/mol. The maximum Gasteiger partial charge on any atom is 0.191 e. The lowest BCUT2D eigenvalue weighted by Crippen LogP contribution is -2.11. The van der Waals surface area contributed by atoms with Crippen LogP contribution in [-0.4, -0.2) is 40.0 Å². The highest BCUT2D eigenvalue weighted by Crippen LogP contribution is 2.28. The number of Topliss-reactive ketones (excluding diaryl/α,β-unsaturated/α-hetero) is 1. The predicted molar refractivity (Wildman–Crippen MR) is 127 cm³/mol. The molecule has 0 aliphatic heterocycles. The van der Waals surface area contributed by atoms with E-state index in [1.54, 1.807) is 7.11 Å². The Bertz CT molecular complexity index is 1000. The molecule has 6 heteroatoms. The molecule has 0 amide bonds. The number of carbonyl (C=O) groups excluding carboxylic acids is 1. The van der Waals surface area contributed by atoms with E-state index in [-0.39, 0.29) is 11.2 Å². The molecule has 0 aliphatic carbocycles. The van der Waals surface area contributed by atoms with Crippen molar-refractivity contribution in [3.05, 3.63) is 65.2 Å². The lowest BCUT2D eigenvalue weighted by atomic mass is 9.87. The lowest BCUT2D eigenvalue weighted by molar-refractivity contribution is 0.102. The fourth-order valence-electron chi connectivity index (χ4n) is 3.25. The summed E-state index contributed by atoms with van der Waals surface area (Å²) in [6.07, 6.45) is 0.848. The highest BCUT2D eigenvalue weighted by molar-refractivity contribution is 7.99. The molecule has 0 spiro atoms. The van der Waals surface area contributed by atoms with E-state index in [0.717, 1.165) is 40.6 Å². The summed E-state index contributed by atoms with van der Waals surface area (Å²) in [5, 5.41) is 9.62. The number of nitrogens with zero attached hydrogens (tertiary/aromatic N) is 3. The van der Waals surface area contributed by atoms with Crippen LogP contribution in [-0.2, 0) is 16.7 Å². The minimum absolute atomic E-state index is 0.0903. The minimum atomic E-state index is 0.0903. The van der Waals surface area contributed by atoms with E-state index < -0.39 is 0 Å². The fourth-order valence-corrected chi connectivity index (χ4v) is 4.11. The molecule has 0 fully saturated rings. The van der Waals surface area contributed by atoms with Gasteiger partial charge in [0.1, 0.15) is 0 Å². The summed E-state index contributed by atoms with van der Waals surface area (Å²) < 4.78 is 7.32. The van der Waals surface area contributed by atoms with Crippen molar-refractivity contribution in [2.24, 2.45) is 0 Å². The van der Waals surface area contributed by atoms with E-state index in [1.165, 1.54) is 17.3 Å². The average molecular weight is 438 g/mol. The van der Waals surface area contributed by atoms with E-state index in [9.17, 15) is 4.79 Å². The first kappa shape index (κ1) is 23.2. The summed E-state index contributed by atoms with van der Waals surface area (Å²) in [6, 6.07) is 16.2. The molecule has 0 atom stereocenters. The molecule has 0 radical (unpaired) electrons. The average Bonchev–Trinajstić information content (AvgIpc) is 3.15. The van der Waals surface area contributed by atoms with Gasteiger partial charge in [-0.15, -0.1) is 10.2 Å². The van der Waals surface area contributed by atoms with Crippen LogP contribution < -0.4 is 0 Å². The van der Waals surface area contributed by atoms with Crippen molar-refractivity contribution in [1.29, 1.82) is 0 Å². The van der Waals surface area contributed by atoms with Gasteiger partial charge in [-0.05, 0) is 24.3 Å². The Kier molecular flexibility index (Phi) is 7.68. The molecule has 0 unspecified atom stereocenters. The van der Waals surface area contributed by atoms with E-state index in [4.69, 9.17) is 4.74 Å². The second-order valence-electron chi connectivity index (χ2n) is 8.71. The molecule has 0 saturated carbocycles. The van der Waals surface area contributed by atoms with Crippen LogP contribution >= 0.6 is 11.8 Å². The van der Waals surface area contributed by atoms with Gasteiger partial charge in [0.15, 0.2) is 16.8 Å². The van der Waals surface area contributed by atoms with Gasteiger partial charge in [0.25, 0.3) is 0 Å². The Morgan fingerprint density at radius 1 is 1.03 bits per heavy atom. The number of thioether (sulfide) groups is 1. The number of methoxy groups -OCH3 is 1. The van der Waals surface area contributed by atoms with Crippen LogP contribution in [0.3, 0.4) is 0 Å². The number of ketones is 1. The number of aryl methyl sites for hydroxylation is 1. The standard InChI is InChI=1S/C25H31N3O2S/c1-18-7-9-19(10-8-18)22(29)17-31-24-27-26-23(28(24)15-6-16-30-5)20-11-13-21(14-12-20)25(2,3)4/h7-14H,6,15-17H2,1-5H3. The molecule has 31 heavy (non-hydrogen) atoms. The van der Waals surface area contributed by atoms with Crippen LogP contribution in [0, 0.1) is 6.92 Å². The molecule has 0 bridgehead atoms. The SMILES string of the molecule is COCCCn1c(SCC(=O)c2ccc(C)cc2)nnc1-c1ccc(C(C)(C)C)cc1. The van der Waals surface area contributed by atoms with Gasteiger partial charge in [0, 0.05) is 31.4 Å². The van der Waals surface area contributed by atoms with Crippen LogP contribution in [0.1, 0.15) is 48.7 Å². The van der Waals surface area contributed by atoms with Gasteiger partial charge >= 0.3 is 0 Å². The van der Waals surface area contributed by atoms with Gasteiger partial charge in [-0.25, -0.2) is 0 Å². The van der Waals surface area contributed by atoms with Crippen LogP contribution in [0.4, 0.5) is 0 Å². The minimum Gasteiger partial charge on any atom is -0.385 e. The van der Waals surface area contributed by atoms with E-state index in [1.807, 2.05) is 31.2 Å². The van der Waals surface area contributed by atoms with Crippen molar-refractivity contribution < 1.29 is 9.53 Å². The maximum absolute atomic E-state index is 12.6. The van der Waals surface area contributed by atoms with Gasteiger partial charge < -0.3 is 9.30 Å². The maximum atomic E-state index is 12.6. The van der Waals surface area contributed by atoms with Gasteiger partial charge in [-0.3, -0.25) is 4.79 Å². The largest absolute Gasteiger partial charge is 0.385 e. The normalized spacial score (nSPS) is 11.6. The van der Waals surface area contributed by atoms with Crippen LogP contribution in [0.15, 0.2) is 53.7 Å². The molecule has 2 aromatic carbocycles. The predicted octanol–water partition coefficient (Wildman–Crippen LogP) is 5.56. The van der Waals surface area contributed by atoms with Gasteiger partial charge in [-0.2, -0.15) is 0 Å². The van der Waals surface area contributed by atoms with Crippen molar-refractivity contribution in [3.8, 4) is 11.4 Å². The van der Waals surface area contributed by atoms with Crippen LogP contribution in [0.5, 0.6) is 0 Å². The Labute approximate surface area is 189 Å². The summed E-state index contributed by atoms with van der Waals surface area (Å²) in [5.41, 5.74) is 4.27. The second-order valence-corrected chi connectivity index (χ2v) is 9.65. The Morgan fingerprint density at radius 3 is 2.32 bits per heavy atom. The summed E-state index contributed by atoms with van der Waals surface area (Å²) in [5.74, 6) is 1.24. The molecule has 1 aromatic heterocycles. The molecule has 5 nitrogen and oxygen atoms in total. The first-order valence-electron chi connectivity index (χ1n) is 10.6. The van der Waals surface area contributed by atoms with E-state index >= 15 is 0 Å². The number of ether oxygens (including phenoxy) is 1. The number of aromatic nitrogens is 3. The number of carbonyl (C=O) groups is 1. The molecule has 0 aliphatic rings. The quantitative estimate of drug-likeness (QED) is 0.249. The van der Waals surface area contributed by atoms with Gasteiger partial charge in [0.2, 0.25) is 0 Å². The Balaban J connectivity index is 1.81. The Hall–Kier alpha value is -2.44. The highest BCUT2D eigenvalue weighted by atomic mass is 32.2. The highest BCUT2D eigenvalue weighted by Gasteiger charge is 2.18. The zero-order chi connectivity index (χ0) is 22.4.